The zero-order chi connectivity index (χ0) is 13.6. The van der Waals surface area contributed by atoms with E-state index in [2.05, 4.69) is 10.0 Å². The van der Waals surface area contributed by atoms with Gasteiger partial charge < -0.3 is 11.1 Å². The predicted octanol–water partition coefficient (Wildman–Crippen LogP) is -0.583. The summed E-state index contributed by atoms with van der Waals surface area (Å²) < 4.78 is 24.7. The quantitative estimate of drug-likeness (QED) is 0.542. The Hall–Kier alpha value is -0.660. The molecule has 0 spiro atoms. The minimum atomic E-state index is -3.17. The van der Waals surface area contributed by atoms with Crippen molar-refractivity contribution < 1.29 is 13.2 Å². The first-order chi connectivity index (χ1) is 8.50. The summed E-state index contributed by atoms with van der Waals surface area (Å²) in [5.74, 6) is 0.326. The van der Waals surface area contributed by atoms with E-state index in [1.165, 1.54) is 0 Å². The maximum absolute atomic E-state index is 11.9. The van der Waals surface area contributed by atoms with Crippen LogP contribution in [0, 0.1) is 11.8 Å². The number of carbonyl (C=O) groups excluding carboxylic acids is 1. The van der Waals surface area contributed by atoms with Gasteiger partial charge in [0.15, 0.2) is 0 Å². The molecule has 0 bridgehead atoms. The Bertz CT molecular complexity index is 370. The van der Waals surface area contributed by atoms with Gasteiger partial charge in [-0.2, -0.15) is 0 Å². The Kier molecular flexibility index (Phi) is 6.04. The standard InChI is InChI=1S/C11H23N3O3S/c1-2-18(16,17)14-7-6-13-11(15)10-5-3-4-9(10)8-12/h9-10,14H,2-8,12H2,1H3,(H,13,15)/t9-,10-/m1/s1. The fourth-order valence-electron chi connectivity index (χ4n) is 2.29. The SMILES string of the molecule is CCS(=O)(=O)NCCNC(=O)[C@@H]1CCC[C@@H]1CN. The second kappa shape index (κ2) is 7.06. The van der Waals surface area contributed by atoms with Crippen LogP contribution >= 0.6 is 0 Å². The van der Waals surface area contributed by atoms with Gasteiger partial charge in [-0.1, -0.05) is 6.42 Å². The molecule has 1 aliphatic rings. The highest BCUT2D eigenvalue weighted by Gasteiger charge is 2.31. The number of nitrogens with two attached hydrogens (primary N) is 1. The fraction of sp³-hybridized carbons (Fsp3) is 0.909. The van der Waals surface area contributed by atoms with E-state index in [4.69, 9.17) is 5.73 Å². The molecule has 1 aliphatic carbocycles. The summed E-state index contributed by atoms with van der Waals surface area (Å²) in [6, 6.07) is 0. The number of hydrogen-bond donors (Lipinski definition) is 3. The van der Waals surface area contributed by atoms with Gasteiger partial charge in [-0.3, -0.25) is 4.79 Å². The molecule has 0 aromatic carbocycles. The third kappa shape index (κ3) is 4.55. The molecule has 1 fully saturated rings. The van der Waals surface area contributed by atoms with Gasteiger partial charge in [0.05, 0.1) is 5.75 Å². The van der Waals surface area contributed by atoms with E-state index in [9.17, 15) is 13.2 Å². The number of sulfonamides is 1. The molecule has 1 saturated carbocycles. The van der Waals surface area contributed by atoms with E-state index < -0.39 is 10.0 Å². The van der Waals surface area contributed by atoms with Crippen molar-refractivity contribution in [3.63, 3.8) is 0 Å². The molecule has 18 heavy (non-hydrogen) atoms. The first kappa shape index (κ1) is 15.4. The summed E-state index contributed by atoms with van der Waals surface area (Å²) >= 11 is 0. The lowest BCUT2D eigenvalue weighted by Gasteiger charge is -2.17. The van der Waals surface area contributed by atoms with Crippen molar-refractivity contribution in [3.8, 4) is 0 Å². The van der Waals surface area contributed by atoms with E-state index >= 15 is 0 Å². The van der Waals surface area contributed by atoms with Crippen LogP contribution in [0.3, 0.4) is 0 Å². The number of nitrogens with one attached hydrogen (secondary N) is 2. The van der Waals surface area contributed by atoms with E-state index in [1.807, 2.05) is 0 Å². The molecule has 0 aromatic heterocycles. The molecule has 2 atom stereocenters. The molecular formula is C11H23N3O3S. The lowest BCUT2D eigenvalue weighted by Crippen LogP contribution is -2.39. The predicted molar refractivity (Wildman–Crippen MR) is 70.4 cm³/mol. The number of rotatable bonds is 7. The first-order valence-corrected chi connectivity index (χ1v) is 8.10. The van der Waals surface area contributed by atoms with Crippen LogP contribution in [0.15, 0.2) is 0 Å². The van der Waals surface area contributed by atoms with Crippen LogP contribution in [-0.2, 0) is 14.8 Å². The molecule has 106 valence electrons. The van der Waals surface area contributed by atoms with Crippen LogP contribution in [0.4, 0.5) is 0 Å². The molecule has 7 heteroatoms. The molecule has 0 aliphatic heterocycles. The van der Waals surface area contributed by atoms with Gasteiger partial charge in [0, 0.05) is 19.0 Å². The van der Waals surface area contributed by atoms with E-state index in [0.717, 1.165) is 19.3 Å². The average Bonchev–Trinajstić information content (AvgIpc) is 2.82. The van der Waals surface area contributed by atoms with Crippen LogP contribution in [-0.4, -0.2) is 39.7 Å². The molecule has 6 nitrogen and oxygen atoms in total. The Labute approximate surface area is 109 Å². The summed E-state index contributed by atoms with van der Waals surface area (Å²) in [5.41, 5.74) is 5.62. The van der Waals surface area contributed by atoms with Crippen molar-refractivity contribution in [3.05, 3.63) is 0 Å². The molecule has 0 aromatic rings. The lowest BCUT2D eigenvalue weighted by molar-refractivity contribution is -0.125. The average molecular weight is 277 g/mol. The number of carbonyl (C=O) groups is 1. The second-order valence-electron chi connectivity index (χ2n) is 4.62. The van der Waals surface area contributed by atoms with Crippen LogP contribution in [0.2, 0.25) is 0 Å². The zero-order valence-electron chi connectivity index (χ0n) is 10.8. The van der Waals surface area contributed by atoms with Crippen LogP contribution in [0.5, 0.6) is 0 Å². The Morgan fingerprint density at radius 1 is 1.33 bits per heavy atom. The van der Waals surface area contributed by atoms with Gasteiger partial charge in [0.2, 0.25) is 15.9 Å². The zero-order valence-corrected chi connectivity index (χ0v) is 11.6. The van der Waals surface area contributed by atoms with Crippen molar-refractivity contribution in [1.29, 1.82) is 0 Å². The molecular weight excluding hydrogens is 254 g/mol. The lowest BCUT2D eigenvalue weighted by atomic mass is 9.95. The van der Waals surface area contributed by atoms with E-state index in [1.54, 1.807) is 6.92 Å². The first-order valence-electron chi connectivity index (χ1n) is 6.45. The third-order valence-electron chi connectivity index (χ3n) is 3.42. The van der Waals surface area contributed by atoms with Crippen LogP contribution in [0.25, 0.3) is 0 Å². The molecule has 4 N–H and O–H groups in total. The molecule has 0 heterocycles. The summed E-state index contributed by atoms with van der Waals surface area (Å²) in [6.45, 7) is 2.68. The van der Waals surface area contributed by atoms with Gasteiger partial charge in [-0.25, -0.2) is 13.1 Å². The highest BCUT2D eigenvalue weighted by molar-refractivity contribution is 7.89. The van der Waals surface area contributed by atoms with Gasteiger partial charge >= 0.3 is 0 Å². The number of amides is 1. The summed E-state index contributed by atoms with van der Waals surface area (Å²) in [4.78, 5) is 11.9. The Balaban J connectivity index is 2.25. The topological polar surface area (TPSA) is 101 Å². The van der Waals surface area contributed by atoms with E-state index in [-0.39, 0.29) is 30.0 Å². The molecule has 0 unspecified atom stereocenters. The van der Waals surface area contributed by atoms with Crippen molar-refractivity contribution in [1.82, 2.24) is 10.0 Å². The molecule has 0 saturated heterocycles. The summed E-state index contributed by atoms with van der Waals surface area (Å²) in [5, 5.41) is 2.76. The fourth-order valence-corrected chi connectivity index (χ4v) is 2.91. The second-order valence-corrected chi connectivity index (χ2v) is 6.72. The van der Waals surface area contributed by atoms with Gasteiger partial charge in [-0.15, -0.1) is 0 Å². The minimum Gasteiger partial charge on any atom is -0.355 e. The maximum atomic E-state index is 11.9. The minimum absolute atomic E-state index is 0.00125. The smallest absolute Gasteiger partial charge is 0.223 e. The van der Waals surface area contributed by atoms with Crippen molar-refractivity contribution in [2.75, 3.05) is 25.4 Å². The van der Waals surface area contributed by atoms with Crippen molar-refractivity contribution in [2.45, 2.75) is 26.2 Å². The highest BCUT2D eigenvalue weighted by atomic mass is 32.2. The Morgan fingerprint density at radius 2 is 2.06 bits per heavy atom. The third-order valence-corrected chi connectivity index (χ3v) is 4.83. The van der Waals surface area contributed by atoms with Crippen LogP contribution in [0.1, 0.15) is 26.2 Å². The van der Waals surface area contributed by atoms with Crippen molar-refractivity contribution >= 4 is 15.9 Å². The monoisotopic (exact) mass is 277 g/mol. The van der Waals surface area contributed by atoms with Gasteiger partial charge in [0.25, 0.3) is 0 Å². The largest absolute Gasteiger partial charge is 0.355 e. The van der Waals surface area contributed by atoms with E-state index in [0.29, 0.717) is 13.1 Å². The summed E-state index contributed by atoms with van der Waals surface area (Å²) in [6.07, 6.45) is 2.94. The normalized spacial score (nSPS) is 24.1. The molecule has 1 rings (SSSR count). The van der Waals surface area contributed by atoms with Crippen LogP contribution < -0.4 is 15.8 Å². The molecule has 1 amide bonds. The summed E-state index contributed by atoms with van der Waals surface area (Å²) in [7, 11) is -3.17. The maximum Gasteiger partial charge on any atom is 0.223 e. The Morgan fingerprint density at radius 3 is 2.67 bits per heavy atom. The van der Waals surface area contributed by atoms with Gasteiger partial charge in [-0.05, 0) is 32.2 Å². The van der Waals surface area contributed by atoms with Gasteiger partial charge in [0.1, 0.15) is 0 Å². The van der Waals surface area contributed by atoms with Crippen molar-refractivity contribution in [2.24, 2.45) is 17.6 Å². The highest BCUT2D eigenvalue weighted by Crippen LogP contribution is 2.30. The number of hydrogen-bond acceptors (Lipinski definition) is 4. The molecule has 0 radical (unpaired) electrons.